The number of benzene rings is 1. The van der Waals surface area contributed by atoms with Gasteiger partial charge in [0.15, 0.2) is 0 Å². The van der Waals surface area contributed by atoms with Gasteiger partial charge in [0.05, 0.1) is 0 Å². The Morgan fingerprint density at radius 3 is 1.23 bits per heavy atom. The van der Waals surface area contributed by atoms with Crippen LogP contribution in [0.5, 0.6) is 0 Å². The van der Waals surface area contributed by atoms with Gasteiger partial charge in [0.1, 0.15) is 0 Å². The Bertz CT molecular complexity index is 469. The molecule has 0 spiro atoms. The predicted molar refractivity (Wildman–Crippen MR) is 112 cm³/mol. The minimum atomic E-state index is 0.680. The molecule has 0 aliphatic heterocycles. The SMILES string of the molecule is CC1CCCC(C)C1NCc1ccc(CNC2C(C)CCCC2C)cc1. The van der Waals surface area contributed by atoms with Gasteiger partial charge in [-0.25, -0.2) is 0 Å². The number of hydrogen-bond acceptors (Lipinski definition) is 2. The van der Waals surface area contributed by atoms with Gasteiger partial charge < -0.3 is 10.6 Å². The van der Waals surface area contributed by atoms with Crippen LogP contribution in [0.2, 0.25) is 0 Å². The molecule has 3 rings (SSSR count). The lowest BCUT2D eigenvalue weighted by atomic mass is 9.78. The molecule has 2 N–H and O–H groups in total. The van der Waals surface area contributed by atoms with Gasteiger partial charge in [-0.05, 0) is 60.5 Å². The Balaban J connectivity index is 1.47. The third kappa shape index (κ3) is 5.10. The molecule has 4 atom stereocenters. The van der Waals surface area contributed by atoms with Gasteiger partial charge in [-0.15, -0.1) is 0 Å². The number of hydrogen-bond donors (Lipinski definition) is 2. The number of rotatable bonds is 6. The second-order valence-corrected chi connectivity index (χ2v) is 9.40. The molecule has 26 heavy (non-hydrogen) atoms. The molecule has 2 fully saturated rings. The Labute approximate surface area is 161 Å². The van der Waals surface area contributed by atoms with Crippen molar-refractivity contribution in [3.05, 3.63) is 35.4 Å². The molecule has 0 bridgehead atoms. The lowest BCUT2D eigenvalue weighted by Gasteiger charge is -2.35. The van der Waals surface area contributed by atoms with Gasteiger partial charge in [-0.1, -0.05) is 64.8 Å². The summed E-state index contributed by atoms with van der Waals surface area (Å²) < 4.78 is 0. The van der Waals surface area contributed by atoms with Crippen molar-refractivity contribution in [1.82, 2.24) is 10.6 Å². The van der Waals surface area contributed by atoms with E-state index in [1.807, 2.05) is 0 Å². The highest BCUT2D eigenvalue weighted by atomic mass is 14.9. The molecule has 1 aromatic carbocycles. The van der Waals surface area contributed by atoms with Crippen molar-refractivity contribution in [1.29, 1.82) is 0 Å². The maximum atomic E-state index is 3.84. The number of nitrogens with one attached hydrogen (secondary N) is 2. The van der Waals surface area contributed by atoms with Crippen molar-refractivity contribution in [3.63, 3.8) is 0 Å². The summed E-state index contributed by atoms with van der Waals surface area (Å²) in [5, 5.41) is 7.67. The summed E-state index contributed by atoms with van der Waals surface area (Å²) in [6.07, 6.45) is 8.32. The molecular weight excluding hydrogens is 316 g/mol. The Hall–Kier alpha value is -0.860. The maximum Gasteiger partial charge on any atom is 0.0208 e. The second-order valence-electron chi connectivity index (χ2n) is 9.40. The fourth-order valence-electron chi connectivity index (χ4n) is 5.41. The molecule has 0 aromatic heterocycles. The van der Waals surface area contributed by atoms with E-state index in [-0.39, 0.29) is 0 Å². The van der Waals surface area contributed by atoms with Crippen molar-refractivity contribution >= 4 is 0 Å². The topological polar surface area (TPSA) is 24.1 Å². The maximum absolute atomic E-state index is 3.84. The van der Waals surface area contributed by atoms with Crippen LogP contribution in [0, 0.1) is 23.7 Å². The molecule has 2 heteroatoms. The fourth-order valence-corrected chi connectivity index (χ4v) is 5.41. The highest BCUT2D eigenvalue weighted by molar-refractivity contribution is 5.22. The average Bonchev–Trinajstić information content (AvgIpc) is 2.62. The minimum Gasteiger partial charge on any atom is -0.309 e. The molecular formula is C24H40N2. The van der Waals surface area contributed by atoms with Crippen molar-refractivity contribution in [3.8, 4) is 0 Å². The monoisotopic (exact) mass is 356 g/mol. The third-order valence-electron chi connectivity index (χ3n) is 7.20. The Morgan fingerprint density at radius 2 is 0.923 bits per heavy atom. The van der Waals surface area contributed by atoms with E-state index in [2.05, 4.69) is 62.6 Å². The third-order valence-corrected chi connectivity index (χ3v) is 7.20. The molecule has 146 valence electrons. The van der Waals surface area contributed by atoms with Gasteiger partial charge in [0.25, 0.3) is 0 Å². The van der Waals surface area contributed by atoms with Gasteiger partial charge in [0.2, 0.25) is 0 Å². The zero-order valence-electron chi connectivity index (χ0n) is 17.4. The predicted octanol–water partition coefficient (Wildman–Crippen LogP) is 5.52. The Morgan fingerprint density at radius 1 is 0.615 bits per heavy atom. The first kappa shape index (κ1) is 19.9. The summed E-state index contributed by atoms with van der Waals surface area (Å²) in [5.41, 5.74) is 2.83. The van der Waals surface area contributed by atoms with Crippen molar-refractivity contribution < 1.29 is 0 Å². The van der Waals surface area contributed by atoms with E-state index in [0.29, 0.717) is 12.1 Å². The van der Waals surface area contributed by atoms with E-state index in [0.717, 1.165) is 36.8 Å². The van der Waals surface area contributed by atoms with Crippen molar-refractivity contribution in [2.45, 2.75) is 91.4 Å². The second kappa shape index (κ2) is 9.37. The van der Waals surface area contributed by atoms with Crippen LogP contribution < -0.4 is 10.6 Å². The van der Waals surface area contributed by atoms with Crippen LogP contribution in [0.15, 0.2) is 24.3 Å². The minimum absolute atomic E-state index is 0.680. The summed E-state index contributed by atoms with van der Waals surface area (Å²) in [7, 11) is 0. The Kier molecular flexibility index (Phi) is 7.17. The molecule has 2 saturated carbocycles. The summed E-state index contributed by atoms with van der Waals surface area (Å²) >= 11 is 0. The van der Waals surface area contributed by atoms with Gasteiger partial charge in [-0.3, -0.25) is 0 Å². The van der Waals surface area contributed by atoms with Gasteiger partial charge in [0, 0.05) is 25.2 Å². The van der Waals surface area contributed by atoms with Crippen LogP contribution in [0.1, 0.15) is 77.3 Å². The summed E-state index contributed by atoms with van der Waals surface area (Å²) in [5.74, 6) is 3.23. The summed E-state index contributed by atoms with van der Waals surface area (Å²) in [6.45, 7) is 11.7. The van der Waals surface area contributed by atoms with E-state index in [1.54, 1.807) is 0 Å². The standard InChI is InChI=1S/C24H40N2/c1-17-7-5-8-18(2)23(17)25-15-21-11-13-22(14-12-21)16-26-24-19(3)9-6-10-20(24)4/h11-14,17-20,23-26H,5-10,15-16H2,1-4H3. The van der Waals surface area contributed by atoms with Crippen LogP contribution in [0.4, 0.5) is 0 Å². The quantitative estimate of drug-likeness (QED) is 0.702. The molecule has 1 aromatic rings. The highest BCUT2D eigenvalue weighted by Gasteiger charge is 2.27. The summed E-state index contributed by atoms with van der Waals surface area (Å²) in [6, 6.07) is 10.6. The largest absolute Gasteiger partial charge is 0.309 e. The first-order valence-electron chi connectivity index (χ1n) is 11.1. The van der Waals surface area contributed by atoms with Crippen molar-refractivity contribution in [2.75, 3.05) is 0 Å². The average molecular weight is 357 g/mol. The van der Waals surface area contributed by atoms with E-state index < -0.39 is 0 Å². The lowest BCUT2D eigenvalue weighted by molar-refractivity contribution is 0.207. The van der Waals surface area contributed by atoms with E-state index in [1.165, 1.54) is 49.7 Å². The molecule has 2 nitrogen and oxygen atoms in total. The normalized spacial score (nSPS) is 35.4. The molecule has 4 unspecified atom stereocenters. The van der Waals surface area contributed by atoms with Crippen LogP contribution >= 0.6 is 0 Å². The van der Waals surface area contributed by atoms with Crippen LogP contribution in [-0.2, 0) is 13.1 Å². The zero-order valence-corrected chi connectivity index (χ0v) is 17.4. The molecule has 0 saturated heterocycles. The lowest BCUT2D eigenvalue weighted by Crippen LogP contribution is -2.42. The molecule has 0 heterocycles. The molecule has 2 aliphatic rings. The highest BCUT2D eigenvalue weighted by Crippen LogP contribution is 2.30. The zero-order chi connectivity index (χ0) is 18.5. The molecule has 0 amide bonds. The first-order chi connectivity index (χ1) is 12.5. The summed E-state index contributed by atoms with van der Waals surface area (Å²) in [4.78, 5) is 0. The van der Waals surface area contributed by atoms with Gasteiger partial charge >= 0.3 is 0 Å². The van der Waals surface area contributed by atoms with Crippen LogP contribution in [-0.4, -0.2) is 12.1 Å². The first-order valence-corrected chi connectivity index (χ1v) is 11.1. The smallest absolute Gasteiger partial charge is 0.0208 e. The van der Waals surface area contributed by atoms with Crippen molar-refractivity contribution in [2.24, 2.45) is 23.7 Å². The van der Waals surface area contributed by atoms with E-state index in [9.17, 15) is 0 Å². The van der Waals surface area contributed by atoms with Crippen LogP contribution in [0.25, 0.3) is 0 Å². The fraction of sp³-hybridized carbons (Fsp3) is 0.750. The van der Waals surface area contributed by atoms with E-state index in [4.69, 9.17) is 0 Å². The van der Waals surface area contributed by atoms with E-state index >= 15 is 0 Å². The molecule has 0 radical (unpaired) electrons. The molecule has 2 aliphatic carbocycles. The van der Waals surface area contributed by atoms with Crippen LogP contribution in [0.3, 0.4) is 0 Å². The van der Waals surface area contributed by atoms with Gasteiger partial charge in [-0.2, -0.15) is 0 Å².